The molecule has 0 bridgehead atoms. The highest BCUT2D eigenvalue weighted by Crippen LogP contribution is 2.51. The smallest absolute Gasteiger partial charge is 0.306 e. The normalized spacial score (nSPS) is 42.1. The van der Waals surface area contributed by atoms with Crippen LogP contribution in [-0.4, -0.2) is 30.3 Å². The second-order valence-corrected chi connectivity index (χ2v) is 4.65. The van der Waals surface area contributed by atoms with E-state index in [1.807, 2.05) is 0 Å². The van der Waals surface area contributed by atoms with Crippen LogP contribution in [0.4, 0.5) is 0 Å². The number of carbonyl (C=O) groups is 1. The van der Waals surface area contributed by atoms with Gasteiger partial charge in [0.1, 0.15) is 0 Å². The fourth-order valence-electron chi connectivity index (χ4n) is 2.59. The molecule has 0 aromatic rings. The van der Waals surface area contributed by atoms with Crippen molar-refractivity contribution in [1.82, 2.24) is 0 Å². The molecule has 2 rings (SSSR count). The molecule has 14 heavy (non-hydrogen) atoms. The van der Waals surface area contributed by atoms with Crippen molar-refractivity contribution in [1.29, 1.82) is 0 Å². The maximum absolute atomic E-state index is 10.7. The van der Waals surface area contributed by atoms with Crippen molar-refractivity contribution in [2.75, 3.05) is 13.2 Å². The monoisotopic (exact) mass is 199 g/mol. The van der Waals surface area contributed by atoms with Gasteiger partial charge in [-0.25, -0.2) is 0 Å². The summed E-state index contributed by atoms with van der Waals surface area (Å²) in [4.78, 5) is 10.7. The van der Waals surface area contributed by atoms with Gasteiger partial charge in [-0.3, -0.25) is 4.79 Å². The Morgan fingerprint density at radius 1 is 1.57 bits per heavy atom. The van der Waals surface area contributed by atoms with E-state index in [0.29, 0.717) is 13.2 Å². The molecule has 0 radical (unpaired) electrons. The molecule has 4 nitrogen and oxygen atoms in total. The molecule has 3 N–H and O–H groups in total. The highest BCUT2D eigenvalue weighted by Gasteiger charge is 2.49. The zero-order valence-electron chi connectivity index (χ0n) is 8.24. The van der Waals surface area contributed by atoms with Gasteiger partial charge in [0.15, 0.2) is 0 Å². The molecule has 1 saturated carbocycles. The van der Waals surface area contributed by atoms with E-state index in [0.717, 1.165) is 25.7 Å². The molecule has 1 saturated heterocycles. The van der Waals surface area contributed by atoms with Crippen LogP contribution in [0.3, 0.4) is 0 Å². The number of ether oxygens (including phenoxy) is 1. The van der Waals surface area contributed by atoms with Gasteiger partial charge in [0.05, 0.1) is 18.6 Å². The molecule has 2 aliphatic rings. The summed E-state index contributed by atoms with van der Waals surface area (Å²) in [5, 5.41) is 8.78. The van der Waals surface area contributed by atoms with Crippen LogP contribution in [0.5, 0.6) is 0 Å². The van der Waals surface area contributed by atoms with Crippen molar-refractivity contribution >= 4 is 5.97 Å². The van der Waals surface area contributed by atoms with E-state index in [1.54, 1.807) is 0 Å². The Hall–Kier alpha value is -0.610. The number of nitrogens with two attached hydrogens (primary N) is 1. The Morgan fingerprint density at radius 3 is 2.71 bits per heavy atom. The van der Waals surface area contributed by atoms with Crippen molar-refractivity contribution in [3.8, 4) is 0 Å². The van der Waals surface area contributed by atoms with Crippen molar-refractivity contribution in [3.63, 3.8) is 0 Å². The van der Waals surface area contributed by atoms with Gasteiger partial charge in [-0.1, -0.05) is 0 Å². The lowest BCUT2D eigenvalue weighted by Crippen LogP contribution is -2.49. The van der Waals surface area contributed by atoms with Crippen molar-refractivity contribution in [2.24, 2.45) is 17.1 Å². The van der Waals surface area contributed by atoms with Gasteiger partial charge in [0.2, 0.25) is 0 Å². The van der Waals surface area contributed by atoms with E-state index < -0.39 is 5.97 Å². The zero-order chi connectivity index (χ0) is 10.2. The van der Waals surface area contributed by atoms with E-state index in [4.69, 9.17) is 15.6 Å². The molecule has 1 aliphatic heterocycles. The quantitative estimate of drug-likeness (QED) is 0.683. The molecule has 1 aliphatic carbocycles. The lowest BCUT2D eigenvalue weighted by Gasteiger charge is -2.49. The number of carboxylic acids is 1. The zero-order valence-corrected chi connectivity index (χ0v) is 8.24. The minimum absolute atomic E-state index is 0.131. The SMILES string of the molecule is NCC1CCC2(CO1)CC(C(=O)O)C2. The van der Waals surface area contributed by atoms with Crippen molar-refractivity contribution in [3.05, 3.63) is 0 Å². The molecule has 1 heterocycles. The third-order valence-electron chi connectivity index (χ3n) is 3.59. The first-order valence-electron chi connectivity index (χ1n) is 5.20. The molecule has 80 valence electrons. The van der Waals surface area contributed by atoms with Crippen LogP contribution in [0.25, 0.3) is 0 Å². The summed E-state index contributed by atoms with van der Waals surface area (Å²) < 4.78 is 5.60. The Kier molecular flexibility index (Phi) is 2.49. The summed E-state index contributed by atoms with van der Waals surface area (Å²) in [6, 6.07) is 0. The van der Waals surface area contributed by atoms with Gasteiger partial charge in [-0.05, 0) is 31.1 Å². The van der Waals surface area contributed by atoms with Gasteiger partial charge in [-0.15, -0.1) is 0 Å². The molecule has 0 aromatic heterocycles. The van der Waals surface area contributed by atoms with Crippen LogP contribution in [-0.2, 0) is 9.53 Å². The summed E-state index contributed by atoms with van der Waals surface area (Å²) in [6.45, 7) is 1.29. The fourth-order valence-corrected chi connectivity index (χ4v) is 2.59. The Morgan fingerprint density at radius 2 is 2.29 bits per heavy atom. The predicted molar refractivity (Wildman–Crippen MR) is 50.8 cm³/mol. The first kappa shape index (κ1) is 9.93. The number of carboxylic acid groups (broad SMARTS) is 1. The molecule has 1 unspecified atom stereocenters. The number of hydrogen-bond acceptors (Lipinski definition) is 3. The minimum atomic E-state index is -0.656. The first-order valence-corrected chi connectivity index (χ1v) is 5.20. The molecular formula is C10H17NO3. The second-order valence-electron chi connectivity index (χ2n) is 4.65. The lowest BCUT2D eigenvalue weighted by atomic mass is 9.59. The van der Waals surface area contributed by atoms with Crippen molar-refractivity contribution in [2.45, 2.75) is 31.8 Å². The number of hydrogen-bond donors (Lipinski definition) is 2. The molecule has 1 spiro atoms. The third-order valence-corrected chi connectivity index (χ3v) is 3.59. The summed E-state index contributed by atoms with van der Waals surface area (Å²) >= 11 is 0. The molecular weight excluding hydrogens is 182 g/mol. The van der Waals surface area contributed by atoms with Gasteiger partial charge in [-0.2, -0.15) is 0 Å². The van der Waals surface area contributed by atoms with Gasteiger partial charge in [0, 0.05) is 6.54 Å². The third kappa shape index (κ3) is 1.64. The van der Waals surface area contributed by atoms with Crippen molar-refractivity contribution < 1.29 is 14.6 Å². The average molecular weight is 199 g/mol. The van der Waals surface area contributed by atoms with Crippen LogP contribution in [0.1, 0.15) is 25.7 Å². The number of aliphatic carboxylic acids is 1. The summed E-state index contributed by atoms with van der Waals surface area (Å²) in [5.41, 5.74) is 5.68. The fraction of sp³-hybridized carbons (Fsp3) is 0.900. The van der Waals surface area contributed by atoms with E-state index in [-0.39, 0.29) is 17.4 Å². The maximum atomic E-state index is 10.7. The van der Waals surface area contributed by atoms with Crippen LogP contribution in [0.15, 0.2) is 0 Å². The lowest BCUT2D eigenvalue weighted by molar-refractivity contribution is -0.161. The predicted octanol–water partition coefficient (Wildman–Crippen LogP) is 0.605. The van der Waals surface area contributed by atoms with Crippen LogP contribution in [0.2, 0.25) is 0 Å². The average Bonchev–Trinajstić information content (AvgIpc) is 2.14. The maximum Gasteiger partial charge on any atom is 0.306 e. The molecule has 0 amide bonds. The summed E-state index contributed by atoms with van der Waals surface area (Å²) in [5.74, 6) is -0.787. The van der Waals surface area contributed by atoms with E-state index >= 15 is 0 Å². The van der Waals surface area contributed by atoms with E-state index in [1.165, 1.54) is 0 Å². The van der Waals surface area contributed by atoms with Crippen LogP contribution >= 0.6 is 0 Å². The largest absolute Gasteiger partial charge is 0.481 e. The second kappa shape index (κ2) is 3.51. The Labute approximate surface area is 83.4 Å². The Balaban J connectivity index is 1.82. The molecule has 1 atom stereocenters. The highest BCUT2D eigenvalue weighted by molar-refractivity contribution is 5.71. The molecule has 0 aromatic carbocycles. The summed E-state index contributed by atoms with van der Waals surface area (Å²) in [7, 11) is 0. The standard InChI is InChI=1S/C10H17NO3/c11-5-8-1-2-10(6-14-8)3-7(4-10)9(12)13/h7-8H,1-6,11H2,(H,12,13). The highest BCUT2D eigenvalue weighted by atomic mass is 16.5. The number of rotatable bonds is 2. The van der Waals surface area contributed by atoms with E-state index in [9.17, 15) is 4.79 Å². The van der Waals surface area contributed by atoms with Crippen LogP contribution < -0.4 is 5.73 Å². The van der Waals surface area contributed by atoms with Crippen LogP contribution in [0, 0.1) is 11.3 Å². The van der Waals surface area contributed by atoms with Gasteiger partial charge < -0.3 is 15.6 Å². The van der Waals surface area contributed by atoms with E-state index in [2.05, 4.69) is 0 Å². The summed E-state index contributed by atoms with van der Waals surface area (Å²) in [6.07, 6.45) is 3.85. The van der Waals surface area contributed by atoms with Gasteiger partial charge >= 0.3 is 5.97 Å². The van der Waals surface area contributed by atoms with Gasteiger partial charge in [0.25, 0.3) is 0 Å². The topological polar surface area (TPSA) is 72.5 Å². The Bertz CT molecular complexity index is 226. The minimum Gasteiger partial charge on any atom is -0.481 e. The first-order chi connectivity index (χ1) is 6.65. The molecule has 4 heteroatoms. The molecule has 2 fully saturated rings.